The van der Waals surface area contributed by atoms with E-state index in [1.165, 1.54) is 0 Å². The van der Waals surface area contributed by atoms with Crippen molar-refractivity contribution in [2.45, 2.75) is 25.8 Å². The number of nitrogens with one attached hydrogen (secondary N) is 1. The fourth-order valence-electron chi connectivity index (χ4n) is 2.48. The molecule has 118 valence electrons. The summed E-state index contributed by atoms with van der Waals surface area (Å²) in [5.41, 5.74) is 1.91. The van der Waals surface area contributed by atoms with Crippen LogP contribution >= 0.6 is 15.9 Å². The number of fused-ring (bicyclic) bond motifs is 1. The smallest absolute Gasteiger partial charge is 0.220 e. The molecular weight excluding hydrogens is 356 g/mol. The van der Waals surface area contributed by atoms with Gasteiger partial charge in [-0.25, -0.2) is 0 Å². The van der Waals surface area contributed by atoms with Crippen LogP contribution in [0.3, 0.4) is 0 Å². The number of rotatable bonds is 5. The predicted molar refractivity (Wildman–Crippen MR) is 92.0 cm³/mol. The van der Waals surface area contributed by atoms with Crippen LogP contribution in [0, 0.1) is 0 Å². The Morgan fingerprint density at radius 1 is 1.26 bits per heavy atom. The fraction of sp³-hybridized carbons (Fsp3) is 0.235. The molecule has 1 N–H and O–H groups in total. The van der Waals surface area contributed by atoms with E-state index in [9.17, 15) is 4.79 Å². The monoisotopic (exact) mass is 372 g/mol. The van der Waals surface area contributed by atoms with E-state index in [-0.39, 0.29) is 11.9 Å². The summed E-state index contributed by atoms with van der Waals surface area (Å²) in [5, 5.41) is 11.3. The molecule has 5 nitrogen and oxygen atoms in total. The van der Waals surface area contributed by atoms with E-state index >= 15 is 0 Å². The molecule has 0 aliphatic carbocycles. The molecule has 2 aromatic heterocycles. The molecule has 0 aliphatic heterocycles. The summed E-state index contributed by atoms with van der Waals surface area (Å²) in [6, 6.07) is 13.5. The highest BCUT2D eigenvalue weighted by atomic mass is 79.9. The van der Waals surface area contributed by atoms with Gasteiger partial charge in [0.25, 0.3) is 0 Å². The first-order chi connectivity index (χ1) is 11.1. The summed E-state index contributed by atoms with van der Waals surface area (Å²) in [6.45, 7) is 1.92. The normalized spacial score (nSPS) is 12.3. The molecule has 0 aliphatic rings. The average molecular weight is 373 g/mol. The molecule has 0 radical (unpaired) electrons. The number of benzene rings is 1. The molecule has 0 saturated carbocycles. The molecule has 1 amide bonds. The van der Waals surface area contributed by atoms with E-state index in [0.29, 0.717) is 12.8 Å². The zero-order chi connectivity index (χ0) is 16.2. The third-order valence-corrected chi connectivity index (χ3v) is 4.13. The molecule has 6 heteroatoms. The van der Waals surface area contributed by atoms with Crippen LogP contribution in [-0.4, -0.2) is 20.5 Å². The van der Waals surface area contributed by atoms with Crippen LogP contribution in [0.1, 0.15) is 30.8 Å². The third-order valence-electron chi connectivity index (χ3n) is 3.63. The lowest BCUT2D eigenvalue weighted by Crippen LogP contribution is -2.28. The van der Waals surface area contributed by atoms with Gasteiger partial charge in [0.2, 0.25) is 5.91 Å². The number of carbonyl (C=O) groups is 1. The molecule has 0 spiro atoms. The van der Waals surface area contributed by atoms with Gasteiger partial charge in [-0.15, -0.1) is 10.2 Å². The van der Waals surface area contributed by atoms with Crippen LogP contribution < -0.4 is 5.32 Å². The number of nitrogens with zero attached hydrogens (tertiary/aromatic N) is 3. The summed E-state index contributed by atoms with van der Waals surface area (Å²) in [5.74, 6) is 0.738. The van der Waals surface area contributed by atoms with Crippen molar-refractivity contribution in [1.82, 2.24) is 19.9 Å². The van der Waals surface area contributed by atoms with Gasteiger partial charge in [0.05, 0.1) is 6.04 Å². The predicted octanol–water partition coefficient (Wildman–Crippen LogP) is 3.30. The van der Waals surface area contributed by atoms with Crippen molar-refractivity contribution >= 4 is 27.5 Å². The van der Waals surface area contributed by atoms with Crippen molar-refractivity contribution in [3.8, 4) is 0 Å². The van der Waals surface area contributed by atoms with Crippen LogP contribution in [0.4, 0.5) is 0 Å². The zero-order valence-electron chi connectivity index (χ0n) is 12.7. The Hall–Kier alpha value is -2.21. The first-order valence-electron chi connectivity index (χ1n) is 7.47. The number of hydrogen-bond donors (Lipinski definition) is 1. The number of hydrogen-bond acceptors (Lipinski definition) is 3. The highest BCUT2D eigenvalue weighted by Crippen LogP contribution is 2.14. The number of aryl methyl sites for hydroxylation is 1. The fourth-order valence-corrected chi connectivity index (χ4v) is 2.93. The van der Waals surface area contributed by atoms with Crippen molar-refractivity contribution in [2.24, 2.45) is 0 Å². The summed E-state index contributed by atoms with van der Waals surface area (Å²) < 4.78 is 2.91. The van der Waals surface area contributed by atoms with Crippen LogP contribution in [0.25, 0.3) is 5.65 Å². The Balaban J connectivity index is 1.61. The topological polar surface area (TPSA) is 59.3 Å². The molecule has 23 heavy (non-hydrogen) atoms. The summed E-state index contributed by atoms with van der Waals surface area (Å²) in [7, 11) is 0. The van der Waals surface area contributed by atoms with E-state index < -0.39 is 0 Å². The highest BCUT2D eigenvalue weighted by molar-refractivity contribution is 9.10. The maximum Gasteiger partial charge on any atom is 0.220 e. The number of amides is 1. The maximum atomic E-state index is 12.2. The lowest BCUT2D eigenvalue weighted by atomic mass is 10.1. The van der Waals surface area contributed by atoms with Gasteiger partial charge in [-0.1, -0.05) is 34.1 Å². The standard InChI is InChI=1S/C17H17BrN4O/c1-12(17-21-20-15-7-2-3-10-22(15)17)19-16(23)9-8-13-5-4-6-14(18)11-13/h2-7,10-12H,8-9H2,1H3,(H,19,23). The van der Waals surface area contributed by atoms with Crippen LogP contribution in [0.5, 0.6) is 0 Å². The third kappa shape index (κ3) is 3.76. The Morgan fingerprint density at radius 2 is 2.13 bits per heavy atom. The number of carbonyl (C=O) groups excluding carboxylic acids is 1. The molecule has 1 atom stereocenters. The highest BCUT2D eigenvalue weighted by Gasteiger charge is 2.15. The minimum Gasteiger partial charge on any atom is -0.346 e. The maximum absolute atomic E-state index is 12.2. The summed E-state index contributed by atoms with van der Waals surface area (Å²) >= 11 is 3.44. The van der Waals surface area contributed by atoms with E-state index in [0.717, 1.165) is 21.5 Å². The largest absolute Gasteiger partial charge is 0.346 e. The molecule has 3 aromatic rings. The minimum atomic E-state index is -0.192. The molecule has 0 fully saturated rings. The van der Waals surface area contributed by atoms with Crippen molar-refractivity contribution in [3.05, 3.63) is 64.5 Å². The van der Waals surface area contributed by atoms with Gasteiger partial charge in [-0.2, -0.15) is 0 Å². The Bertz CT molecular complexity index is 830. The lowest BCUT2D eigenvalue weighted by Gasteiger charge is -2.12. The summed E-state index contributed by atoms with van der Waals surface area (Å²) in [4.78, 5) is 12.2. The molecule has 1 unspecified atom stereocenters. The molecule has 2 heterocycles. The SMILES string of the molecule is CC(NC(=O)CCc1cccc(Br)c1)c1nnc2ccccn12. The van der Waals surface area contributed by atoms with E-state index in [1.54, 1.807) is 0 Å². The first kappa shape index (κ1) is 15.7. The Labute approximate surface area is 142 Å². The second-order valence-corrected chi connectivity index (χ2v) is 6.32. The van der Waals surface area contributed by atoms with E-state index in [1.807, 2.05) is 60.0 Å². The Morgan fingerprint density at radius 3 is 2.96 bits per heavy atom. The molecular formula is C17H17BrN4O. The van der Waals surface area contributed by atoms with Gasteiger partial charge in [-0.05, 0) is 43.2 Å². The second kappa shape index (κ2) is 6.91. The average Bonchev–Trinajstić information content (AvgIpc) is 2.97. The van der Waals surface area contributed by atoms with Gasteiger partial charge in [0.1, 0.15) is 0 Å². The zero-order valence-corrected chi connectivity index (χ0v) is 14.3. The quantitative estimate of drug-likeness (QED) is 0.747. The van der Waals surface area contributed by atoms with Crippen molar-refractivity contribution in [1.29, 1.82) is 0 Å². The molecule has 0 bridgehead atoms. The van der Waals surface area contributed by atoms with Crippen molar-refractivity contribution in [3.63, 3.8) is 0 Å². The van der Waals surface area contributed by atoms with Crippen molar-refractivity contribution in [2.75, 3.05) is 0 Å². The number of pyridine rings is 1. The number of halogens is 1. The van der Waals surface area contributed by atoms with Gasteiger partial charge < -0.3 is 5.32 Å². The minimum absolute atomic E-state index is 0.00477. The van der Waals surface area contributed by atoms with E-state index in [2.05, 4.69) is 31.4 Å². The van der Waals surface area contributed by atoms with Gasteiger partial charge >= 0.3 is 0 Å². The van der Waals surface area contributed by atoms with Gasteiger partial charge in [-0.3, -0.25) is 9.20 Å². The Kier molecular flexibility index (Phi) is 4.71. The molecule has 3 rings (SSSR count). The molecule has 1 aromatic carbocycles. The summed E-state index contributed by atoms with van der Waals surface area (Å²) in [6.07, 6.45) is 3.05. The van der Waals surface area contributed by atoms with Crippen molar-refractivity contribution < 1.29 is 4.79 Å². The van der Waals surface area contributed by atoms with Gasteiger partial charge in [0, 0.05) is 17.1 Å². The van der Waals surface area contributed by atoms with Gasteiger partial charge in [0.15, 0.2) is 11.5 Å². The van der Waals surface area contributed by atoms with Crippen LogP contribution in [0.2, 0.25) is 0 Å². The lowest BCUT2D eigenvalue weighted by molar-refractivity contribution is -0.121. The van der Waals surface area contributed by atoms with Crippen LogP contribution in [-0.2, 0) is 11.2 Å². The van der Waals surface area contributed by atoms with E-state index in [4.69, 9.17) is 0 Å². The van der Waals surface area contributed by atoms with Crippen LogP contribution in [0.15, 0.2) is 53.1 Å². The second-order valence-electron chi connectivity index (χ2n) is 5.41. The molecule has 0 saturated heterocycles. The number of aromatic nitrogens is 3. The first-order valence-corrected chi connectivity index (χ1v) is 8.26.